The number of likely N-dealkylation sites (N-methyl/N-ethyl adjacent to an activating group) is 1. The van der Waals surface area contributed by atoms with E-state index in [1.807, 2.05) is 0 Å². The Morgan fingerprint density at radius 3 is 2.48 bits per heavy atom. The van der Waals surface area contributed by atoms with Crippen LogP contribution < -0.4 is 5.32 Å². The molecule has 2 aliphatic rings. The van der Waals surface area contributed by atoms with E-state index in [0.717, 1.165) is 45.6 Å². The van der Waals surface area contributed by atoms with Crippen LogP contribution in [0.1, 0.15) is 46.5 Å². The van der Waals surface area contributed by atoms with Gasteiger partial charge in [0.05, 0.1) is 5.54 Å². The lowest BCUT2D eigenvalue weighted by Crippen LogP contribution is -2.57. The van der Waals surface area contributed by atoms with E-state index in [4.69, 9.17) is 0 Å². The van der Waals surface area contributed by atoms with E-state index < -0.39 is 0 Å². The topological polar surface area (TPSA) is 35.6 Å². The van der Waals surface area contributed by atoms with Crippen LogP contribution in [-0.4, -0.2) is 60.0 Å². The van der Waals surface area contributed by atoms with Crippen molar-refractivity contribution in [3.05, 3.63) is 0 Å². The van der Waals surface area contributed by atoms with E-state index in [-0.39, 0.29) is 30.4 Å². The van der Waals surface area contributed by atoms with Crippen molar-refractivity contribution in [3.63, 3.8) is 0 Å². The lowest BCUT2D eigenvalue weighted by Gasteiger charge is -2.37. The minimum absolute atomic E-state index is 0. The fourth-order valence-corrected chi connectivity index (χ4v) is 3.55. The van der Waals surface area contributed by atoms with Crippen LogP contribution in [0.2, 0.25) is 0 Å². The Balaban J connectivity index is 0.00000200. The van der Waals surface area contributed by atoms with Gasteiger partial charge in [-0.05, 0) is 52.2 Å². The Labute approximate surface area is 141 Å². The second-order valence-electron chi connectivity index (χ2n) is 6.13. The van der Waals surface area contributed by atoms with E-state index in [0.29, 0.717) is 11.9 Å². The van der Waals surface area contributed by atoms with Crippen molar-refractivity contribution in [2.45, 2.75) is 58.0 Å². The highest BCUT2D eigenvalue weighted by Gasteiger charge is 2.40. The zero-order chi connectivity index (χ0) is 13.9. The second kappa shape index (κ2) is 9.19. The van der Waals surface area contributed by atoms with E-state index in [2.05, 4.69) is 35.9 Å². The molecule has 2 aliphatic heterocycles. The largest absolute Gasteiger partial charge is 0.339 e. The molecule has 2 atom stereocenters. The summed E-state index contributed by atoms with van der Waals surface area (Å²) in [5.41, 5.74) is -0.309. The molecule has 1 N–H and O–H groups in total. The van der Waals surface area contributed by atoms with E-state index in [1.54, 1.807) is 0 Å². The number of hydrogen-bond acceptors (Lipinski definition) is 3. The number of nitrogens with one attached hydrogen (secondary N) is 1. The van der Waals surface area contributed by atoms with Gasteiger partial charge in [-0.15, -0.1) is 24.8 Å². The molecule has 2 unspecified atom stereocenters. The number of halogens is 2. The van der Waals surface area contributed by atoms with Crippen molar-refractivity contribution < 1.29 is 4.79 Å². The van der Waals surface area contributed by atoms with Gasteiger partial charge in [0.2, 0.25) is 5.91 Å². The highest BCUT2D eigenvalue weighted by atomic mass is 35.5. The standard InChI is InChI=1S/C15H29N3O.2ClH/c1-4-17(5-2)13-8-11-18(12-13)14(19)15(3)9-6-7-10-16-15;;/h13,16H,4-12H2,1-3H3;2*1H. The third-order valence-corrected chi connectivity index (χ3v) is 4.87. The summed E-state index contributed by atoms with van der Waals surface area (Å²) in [4.78, 5) is 17.3. The Kier molecular flexibility index (Phi) is 9.17. The fourth-order valence-electron chi connectivity index (χ4n) is 3.55. The van der Waals surface area contributed by atoms with E-state index in [9.17, 15) is 4.79 Å². The lowest BCUT2D eigenvalue weighted by atomic mass is 9.89. The number of amides is 1. The van der Waals surface area contributed by atoms with Crippen LogP contribution in [0.25, 0.3) is 0 Å². The van der Waals surface area contributed by atoms with Crippen LogP contribution in [0, 0.1) is 0 Å². The SMILES string of the molecule is CCN(CC)C1CCN(C(=O)C2(C)CCCCN2)C1.Cl.Cl. The molecule has 2 heterocycles. The predicted octanol–water partition coefficient (Wildman–Crippen LogP) is 2.30. The molecule has 0 aliphatic carbocycles. The smallest absolute Gasteiger partial charge is 0.242 e. The van der Waals surface area contributed by atoms with Crippen molar-refractivity contribution in [2.24, 2.45) is 0 Å². The molecule has 0 spiro atoms. The van der Waals surface area contributed by atoms with Crippen LogP contribution in [0.5, 0.6) is 0 Å². The van der Waals surface area contributed by atoms with Gasteiger partial charge in [-0.2, -0.15) is 0 Å². The summed E-state index contributed by atoms with van der Waals surface area (Å²) in [6.45, 7) is 11.5. The average molecular weight is 340 g/mol. The van der Waals surface area contributed by atoms with Crippen LogP contribution in [0.15, 0.2) is 0 Å². The van der Waals surface area contributed by atoms with Crippen molar-refractivity contribution in [2.75, 3.05) is 32.7 Å². The Morgan fingerprint density at radius 1 is 1.29 bits per heavy atom. The summed E-state index contributed by atoms with van der Waals surface area (Å²) >= 11 is 0. The van der Waals surface area contributed by atoms with Crippen LogP contribution in [0.3, 0.4) is 0 Å². The first-order chi connectivity index (χ1) is 9.10. The van der Waals surface area contributed by atoms with Gasteiger partial charge in [0.1, 0.15) is 0 Å². The van der Waals surface area contributed by atoms with Gasteiger partial charge in [0.15, 0.2) is 0 Å². The predicted molar refractivity (Wildman–Crippen MR) is 92.7 cm³/mol. The summed E-state index contributed by atoms with van der Waals surface area (Å²) in [5, 5.41) is 3.44. The molecule has 0 bridgehead atoms. The molecule has 126 valence electrons. The van der Waals surface area contributed by atoms with E-state index in [1.165, 1.54) is 12.8 Å². The van der Waals surface area contributed by atoms with Gasteiger partial charge in [0.25, 0.3) is 0 Å². The lowest BCUT2D eigenvalue weighted by molar-refractivity contribution is -0.137. The van der Waals surface area contributed by atoms with Gasteiger partial charge in [-0.3, -0.25) is 9.69 Å². The molecule has 2 rings (SSSR count). The van der Waals surface area contributed by atoms with Gasteiger partial charge >= 0.3 is 0 Å². The molecule has 0 aromatic heterocycles. The van der Waals surface area contributed by atoms with E-state index >= 15 is 0 Å². The number of hydrogen-bond donors (Lipinski definition) is 1. The Bertz CT molecular complexity index is 318. The molecule has 2 fully saturated rings. The third-order valence-electron chi connectivity index (χ3n) is 4.87. The first-order valence-electron chi connectivity index (χ1n) is 7.89. The van der Waals surface area contributed by atoms with Crippen molar-refractivity contribution >= 4 is 30.7 Å². The van der Waals surface area contributed by atoms with Crippen LogP contribution in [0.4, 0.5) is 0 Å². The quantitative estimate of drug-likeness (QED) is 0.853. The minimum Gasteiger partial charge on any atom is -0.339 e. The molecule has 4 nitrogen and oxygen atoms in total. The van der Waals surface area contributed by atoms with Crippen molar-refractivity contribution in [1.82, 2.24) is 15.1 Å². The molecule has 21 heavy (non-hydrogen) atoms. The highest BCUT2D eigenvalue weighted by molar-refractivity contribution is 5.86. The maximum absolute atomic E-state index is 12.7. The van der Waals surface area contributed by atoms with Crippen molar-refractivity contribution in [3.8, 4) is 0 Å². The van der Waals surface area contributed by atoms with Crippen LogP contribution >= 0.6 is 24.8 Å². The number of likely N-dealkylation sites (tertiary alicyclic amines) is 1. The number of carbonyl (C=O) groups is 1. The second-order valence-corrected chi connectivity index (χ2v) is 6.13. The minimum atomic E-state index is -0.309. The summed E-state index contributed by atoms with van der Waals surface area (Å²) in [6.07, 6.45) is 4.48. The number of piperidine rings is 1. The van der Waals surface area contributed by atoms with Crippen molar-refractivity contribution in [1.29, 1.82) is 0 Å². The zero-order valence-electron chi connectivity index (χ0n) is 13.6. The normalized spacial score (nSPS) is 29.0. The molecule has 1 amide bonds. The summed E-state index contributed by atoms with van der Waals surface area (Å²) < 4.78 is 0. The van der Waals surface area contributed by atoms with Gasteiger partial charge in [-0.1, -0.05) is 13.8 Å². The molecular weight excluding hydrogens is 309 g/mol. The monoisotopic (exact) mass is 339 g/mol. The van der Waals surface area contributed by atoms with Gasteiger partial charge in [0, 0.05) is 19.1 Å². The summed E-state index contributed by atoms with van der Waals surface area (Å²) in [6, 6.07) is 0.561. The number of carbonyl (C=O) groups excluding carboxylic acids is 1. The highest BCUT2D eigenvalue weighted by Crippen LogP contribution is 2.24. The maximum atomic E-state index is 12.7. The third kappa shape index (κ3) is 4.72. The summed E-state index contributed by atoms with van der Waals surface area (Å²) in [7, 11) is 0. The zero-order valence-corrected chi connectivity index (χ0v) is 15.2. The number of nitrogens with zero attached hydrogens (tertiary/aromatic N) is 2. The molecular formula is C15H31Cl2N3O. The summed E-state index contributed by atoms with van der Waals surface area (Å²) in [5.74, 6) is 0.321. The Morgan fingerprint density at radius 2 is 1.95 bits per heavy atom. The number of rotatable bonds is 4. The molecule has 0 radical (unpaired) electrons. The average Bonchev–Trinajstić information content (AvgIpc) is 2.90. The maximum Gasteiger partial charge on any atom is 0.242 e. The molecule has 0 aromatic rings. The van der Waals surface area contributed by atoms with Gasteiger partial charge < -0.3 is 10.2 Å². The Hall–Kier alpha value is -0.0300. The van der Waals surface area contributed by atoms with Crippen LogP contribution in [-0.2, 0) is 4.79 Å². The molecule has 0 saturated carbocycles. The first-order valence-corrected chi connectivity index (χ1v) is 7.89. The molecule has 2 saturated heterocycles. The first kappa shape index (κ1) is 21.0. The fraction of sp³-hybridized carbons (Fsp3) is 0.933. The van der Waals surface area contributed by atoms with Gasteiger partial charge in [-0.25, -0.2) is 0 Å². The molecule has 0 aromatic carbocycles. The molecule has 6 heteroatoms.